The molecule has 2 aromatic rings. The molecular weight excluding hydrogens is 328 g/mol. The van der Waals surface area contributed by atoms with Crippen molar-refractivity contribution in [2.45, 2.75) is 12.0 Å². The highest BCUT2D eigenvalue weighted by Gasteiger charge is 2.34. The van der Waals surface area contributed by atoms with Crippen LogP contribution in [0.25, 0.3) is 0 Å². The van der Waals surface area contributed by atoms with Gasteiger partial charge in [-0.2, -0.15) is 0 Å². The Labute approximate surface area is 146 Å². The molecule has 2 atom stereocenters. The Morgan fingerprint density at radius 3 is 2.58 bits per heavy atom. The average Bonchev–Trinajstić information content (AvgIpc) is 3.20. The standard InChI is InChI=1S/C18H18N2O3.ClH/c19-15-10-20(9-14(15)12-4-2-1-3-5-12)18(21)13-6-7-16-17(8-13)23-11-22-16;/h1-8,14-15H,9-11,19H2;1H/t14-,15+;/m0./s1. The number of fused-ring (bicyclic) bond motifs is 1. The summed E-state index contributed by atoms with van der Waals surface area (Å²) < 4.78 is 10.6. The molecule has 0 spiro atoms. The SMILES string of the molecule is Cl.N[C@@H]1CN(C(=O)c2ccc3c(c2)OCO3)C[C@H]1c1ccccc1. The fourth-order valence-electron chi connectivity index (χ4n) is 3.26. The summed E-state index contributed by atoms with van der Waals surface area (Å²) in [5.41, 5.74) is 8.06. The van der Waals surface area contributed by atoms with E-state index in [2.05, 4.69) is 12.1 Å². The summed E-state index contributed by atoms with van der Waals surface area (Å²) in [7, 11) is 0. The minimum atomic E-state index is -0.0460. The molecule has 2 aliphatic rings. The summed E-state index contributed by atoms with van der Waals surface area (Å²) in [5.74, 6) is 1.46. The molecule has 24 heavy (non-hydrogen) atoms. The van der Waals surface area contributed by atoms with Crippen LogP contribution in [0.2, 0.25) is 0 Å². The summed E-state index contributed by atoms with van der Waals surface area (Å²) in [6.45, 7) is 1.41. The first-order chi connectivity index (χ1) is 11.2. The molecule has 6 heteroatoms. The summed E-state index contributed by atoms with van der Waals surface area (Å²) in [6.07, 6.45) is 0. The smallest absolute Gasteiger partial charge is 0.254 e. The zero-order valence-electron chi connectivity index (χ0n) is 13.1. The number of ether oxygens (including phenoxy) is 2. The number of halogens is 1. The van der Waals surface area contributed by atoms with E-state index in [1.807, 2.05) is 23.1 Å². The molecule has 0 unspecified atom stereocenters. The van der Waals surface area contributed by atoms with Gasteiger partial charge in [0.05, 0.1) is 0 Å². The lowest BCUT2D eigenvalue weighted by Crippen LogP contribution is -2.32. The first-order valence-corrected chi connectivity index (χ1v) is 7.72. The lowest BCUT2D eigenvalue weighted by atomic mass is 9.95. The van der Waals surface area contributed by atoms with Crippen molar-refractivity contribution in [1.82, 2.24) is 4.90 Å². The normalized spacial score (nSPS) is 21.5. The van der Waals surface area contributed by atoms with Gasteiger partial charge in [-0.05, 0) is 23.8 Å². The van der Waals surface area contributed by atoms with Crippen molar-refractivity contribution in [2.24, 2.45) is 5.73 Å². The molecule has 0 aromatic heterocycles. The fraction of sp³-hybridized carbons (Fsp3) is 0.278. The number of benzene rings is 2. The Morgan fingerprint density at radius 2 is 1.79 bits per heavy atom. The molecule has 126 valence electrons. The minimum absolute atomic E-state index is 0. The van der Waals surface area contributed by atoms with Crippen LogP contribution >= 0.6 is 12.4 Å². The average molecular weight is 347 g/mol. The van der Waals surface area contributed by atoms with E-state index in [1.165, 1.54) is 5.56 Å². The van der Waals surface area contributed by atoms with Gasteiger partial charge in [-0.15, -0.1) is 12.4 Å². The molecule has 0 bridgehead atoms. The maximum absolute atomic E-state index is 12.7. The van der Waals surface area contributed by atoms with E-state index in [0.29, 0.717) is 30.2 Å². The van der Waals surface area contributed by atoms with Gasteiger partial charge in [0, 0.05) is 30.6 Å². The Balaban J connectivity index is 0.00000169. The van der Waals surface area contributed by atoms with Gasteiger partial charge < -0.3 is 20.1 Å². The topological polar surface area (TPSA) is 64.8 Å². The molecule has 0 saturated carbocycles. The number of carbonyl (C=O) groups excluding carboxylic acids is 1. The van der Waals surface area contributed by atoms with Crippen molar-refractivity contribution in [3.8, 4) is 11.5 Å². The van der Waals surface area contributed by atoms with E-state index in [1.54, 1.807) is 18.2 Å². The van der Waals surface area contributed by atoms with Crippen LogP contribution in [0, 0.1) is 0 Å². The van der Waals surface area contributed by atoms with Gasteiger partial charge in [0.2, 0.25) is 6.79 Å². The molecule has 2 heterocycles. The van der Waals surface area contributed by atoms with E-state index < -0.39 is 0 Å². The van der Waals surface area contributed by atoms with Crippen molar-refractivity contribution in [2.75, 3.05) is 19.9 Å². The molecular formula is C18H19ClN2O3. The van der Waals surface area contributed by atoms with Crippen LogP contribution in [0.15, 0.2) is 48.5 Å². The molecule has 2 N–H and O–H groups in total. The zero-order valence-corrected chi connectivity index (χ0v) is 13.9. The van der Waals surface area contributed by atoms with Gasteiger partial charge in [-0.1, -0.05) is 30.3 Å². The van der Waals surface area contributed by atoms with Crippen LogP contribution in [0.4, 0.5) is 0 Å². The molecule has 0 radical (unpaired) electrons. The number of hydrogen-bond acceptors (Lipinski definition) is 4. The summed E-state index contributed by atoms with van der Waals surface area (Å²) in [6, 6.07) is 15.4. The van der Waals surface area contributed by atoms with Crippen molar-refractivity contribution in [1.29, 1.82) is 0 Å². The third-order valence-electron chi connectivity index (χ3n) is 4.50. The van der Waals surface area contributed by atoms with Gasteiger partial charge in [-0.3, -0.25) is 4.79 Å². The van der Waals surface area contributed by atoms with Crippen molar-refractivity contribution >= 4 is 18.3 Å². The summed E-state index contributed by atoms with van der Waals surface area (Å²) in [5, 5.41) is 0. The van der Waals surface area contributed by atoms with E-state index in [0.717, 1.165) is 0 Å². The Kier molecular flexibility index (Phi) is 4.64. The van der Waals surface area contributed by atoms with Crippen LogP contribution in [0.1, 0.15) is 21.8 Å². The molecule has 1 amide bonds. The summed E-state index contributed by atoms with van der Waals surface area (Å²) >= 11 is 0. The largest absolute Gasteiger partial charge is 0.454 e. The second-order valence-corrected chi connectivity index (χ2v) is 5.96. The fourth-order valence-corrected chi connectivity index (χ4v) is 3.26. The lowest BCUT2D eigenvalue weighted by molar-refractivity contribution is 0.0788. The number of nitrogens with zero attached hydrogens (tertiary/aromatic N) is 1. The second kappa shape index (κ2) is 6.71. The highest BCUT2D eigenvalue weighted by molar-refractivity contribution is 5.95. The van der Waals surface area contributed by atoms with E-state index in [-0.39, 0.29) is 37.1 Å². The Hall–Kier alpha value is -2.24. The van der Waals surface area contributed by atoms with Gasteiger partial charge in [0.15, 0.2) is 11.5 Å². The lowest BCUT2D eigenvalue weighted by Gasteiger charge is -2.16. The Morgan fingerprint density at radius 1 is 1.04 bits per heavy atom. The third kappa shape index (κ3) is 2.92. The first-order valence-electron chi connectivity index (χ1n) is 7.72. The van der Waals surface area contributed by atoms with E-state index in [4.69, 9.17) is 15.2 Å². The predicted octanol–water partition coefficient (Wildman–Crippen LogP) is 2.40. The monoisotopic (exact) mass is 346 g/mol. The highest BCUT2D eigenvalue weighted by Crippen LogP contribution is 2.34. The molecule has 2 aromatic carbocycles. The number of hydrogen-bond donors (Lipinski definition) is 1. The number of rotatable bonds is 2. The van der Waals surface area contributed by atoms with E-state index >= 15 is 0 Å². The maximum atomic E-state index is 12.7. The van der Waals surface area contributed by atoms with Gasteiger partial charge in [0.25, 0.3) is 5.91 Å². The van der Waals surface area contributed by atoms with Crippen molar-refractivity contribution < 1.29 is 14.3 Å². The third-order valence-corrected chi connectivity index (χ3v) is 4.50. The number of amides is 1. The van der Waals surface area contributed by atoms with Crippen molar-refractivity contribution in [3.05, 3.63) is 59.7 Å². The molecule has 4 rings (SSSR count). The van der Waals surface area contributed by atoms with Crippen LogP contribution in [0.5, 0.6) is 11.5 Å². The Bertz CT molecular complexity index is 738. The van der Waals surface area contributed by atoms with Crippen LogP contribution < -0.4 is 15.2 Å². The number of nitrogens with two attached hydrogens (primary N) is 1. The van der Waals surface area contributed by atoms with Crippen molar-refractivity contribution in [3.63, 3.8) is 0 Å². The molecule has 1 saturated heterocycles. The number of carbonyl (C=O) groups is 1. The van der Waals surface area contributed by atoms with Crippen LogP contribution in [-0.2, 0) is 0 Å². The first kappa shape index (κ1) is 16.6. The van der Waals surface area contributed by atoms with E-state index in [9.17, 15) is 4.79 Å². The summed E-state index contributed by atoms with van der Waals surface area (Å²) in [4.78, 5) is 14.6. The van der Waals surface area contributed by atoms with Crippen LogP contribution in [0.3, 0.4) is 0 Å². The molecule has 5 nitrogen and oxygen atoms in total. The van der Waals surface area contributed by atoms with Gasteiger partial charge in [0.1, 0.15) is 0 Å². The van der Waals surface area contributed by atoms with Gasteiger partial charge in [-0.25, -0.2) is 0 Å². The quantitative estimate of drug-likeness (QED) is 0.907. The maximum Gasteiger partial charge on any atom is 0.254 e. The number of likely N-dealkylation sites (tertiary alicyclic amines) is 1. The van der Waals surface area contributed by atoms with Gasteiger partial charge >= 0.3 is 0 Å². The zero-order chi connectivity index (χ0) is 15.8. The molecule has 1 fully saturated rings. The van der Waals surface area contributed by atoms with Crippen LogP contribution in [-0.4, -0.2) is 36.7 Å². The highest BCUT2D eigenvalue weighted by atomic mass is 35.5. The predicted molar refractivity (Wildman–Crippen MR) is 92.9 cm³/mol. The molecule has 0 aliphatic carbocycles. The minimum Gasteiger partial charge on any atom is -0.454 e. The second-order valence-electron chi connectivity index (χ2n) is 5.96. The molecule has 2 aliphatic heterocycles.